The number of aryl methyl sites for hydroxylation is 1. The maximum atomic E-state index is 14.4. The molecule has 2 aromatic carbocycles. The predicted octanol–water partition coefficient (Wildman–Crippen LogP) is 2.74. The van der Waals surface area contributed by atoms with Crippen LogP contribution in [0.3, 0.4) is 0 Å². The number of aromatic nitrogens is 2. The fourth-order valence-corrected chi connectivity index (χ4v) is 4.78. The molecule has 2 amide bonds. The molecule has 152 valence electrons. The minimum atomic E-state index is -0.997. The number of rotatable bonds is 2. The molecule has 2 unspecified atom stereocenters. The third-order valence-corrected chi connectivity index (χ3v) is 6.07. The Labute approximate surface area is 171 Å². The largest absolute Gasteiger partial charge is 0.508 e. The summed E-state index contributed by atoms with van der Waals surface area (Å²) < 4.78 is 16.0. The lowest BCUT2D eigenvalue weighted by Crippen LogP contribution is -2.42. The van der Waals surface area contributed by atoms with Crippen molar-refractivity contribution in [1.82, 2.24) is 14.7 Å². The molecule has 2 aliphatic heterocycles. The molecule has 0 radical (unpaired) electrons. The Morgan fingerprint density at radius 3 is 2.87 bits per heavy atom. The van der Waals surface area contributed by atoms with E-state index in [0.717, 1.165) is 17.7 Å². The van der Waals surface area contributed by atoms with Crippen molar-refractivity contribution in [3.63, 3.8) is 0 Å². The van der Waals surface area contributed by atoms with Crippen molar-refractivity contribution in [2.24, 2.45) is 7.05 Å². The van der Waals surface area contributed by atoms with Gasteiger partial charge in [0.2, 0.25) is 5.91 Å². The van der Waals surface area contributed by atoms with E-state index in [-0.39, 0.29) is 23.8 Å². The number of likely N-dealkylation sites (tertiary alicyclic amines) is 1. The van der Waals surface area contributed by atoms with Crippen LogP contribution in [0, 0.1) is 5.82 Å². The van der Waals surface area contributed by atoms with Crippen LogP contribution >= 0.6 is 0 Å². The molecule has 3 aromatic rings. The monoisotopic (exact) mass is 406 g/mol. The molecule has 0 bridgehead atoms. The normalized spacial score (nSPS) is 22.4. The van der Waals surface area contributed by atoms with Gasteiger partial charge in [0.15, 0.2) is 0 Å². The lowest BCUT2D eigenvalue weighted by atomic mass is 9.73. The van der Waals surface area contributed by atoms with Crippen LogP contribution in [0.15, 0.2) is 54.9 Å². The van der Waals surface area contributed by atoms with Crippen LogP contribution in [0.2, 0.25) is 0 Å². The number of nitrogens with one attached hydrogen (secondary N) is 1. The fourth-order valence-electron chi connectivity index (χ4n) is 4.78. The Bertz CT molecular complexity index is 1190. The van der Waals surface area contributed by atoms with Crippen molar-refractivity contribution in [1.29, 1.82) is 0 Å². The van der Waals surface area contributed by atoms with E-state index < -0.39 is 23.2 Å². The maximum absolute atomic E-state index is 14.4. The molecule has 7 nitrogen and oxygen atoms in total. The van der Waals surface area contributed by atoms with Crippen molar-refractivity contribution in [2.45, 2.75) is 17.9 Å². The number of benzene rings is 2. The summed E-state index contributed by atoms with van der Waals surface area (Å²) in [6.45, 7) is 0.259. The van der Waals surface area contributed by atoms with Crippen LogP contribution in [0.1, 0.15) is 33.9 Å². The first-order chi connectivity index (χ1) is 14.4. The van der Waals surface area contributed by atoms with E-state index in [2.05, 4.69) is 10.4 Å². The molecule has 0 aliphatic carbocycles. The molecule has 0 saturated carbocycles. The average Bonchev–Trinajstić information content (AvgIpc) is 3.40. The number of halogens is 1. The van der Waals surface area contributed by atoms with E-state index in [1.165, 1.54) is 11.0 Å². The van der Waals surface area contributed by atoms with Gasteiger partial charge in [-0.25, -0.2) is 4.39 Å². The minimum absolute atomic E-state index is 0.191. The first-order valence-electron chi connectivity index (χ1n) is 9.61. The lowest BCUT2D eigenvalue weighted by molar-refractivity contribution is -0.121. The van der Waals surface area contributed by atoms with Gasteiger partial charge in [0.05, 0.1) is 17.8 Å². The number of nitrogens with zero attached hydrogens (tertiary/aromatic N) is 3. The Morgan fingerprint density at radius 1 is 1.30 bits per heavy atom. The van der Waals surface area contributed by atoms with Gasteiger partial charge in [0.1, 0.15) is 17.0 Å². The number of phenolic OH excluding ortho intramolecular Hbond substituents is 1. The van der Waals surface area contributed by atoms with E-state index >= 15 is 0 Å². The number of aromatic hydroxyl groups is 1. The quantitative estimate of drug-likeness (QED) is 0.685. The third kappa shape index (κ3) is 2.46. The summed E-state index contributed by atoms with van der Waals surface area (Å²) in [4.78, 5) is 28.2. The number of anilines is 1. The number of phenols is 1. The highest BCUT2D eigenvalue weighted by atomic mass is 19.1. The number of carbonyl (C=O) groups is 2. The number of hydrogen-bond acceptors (Lipinski definition) is 4. The highest BCUT2D eigenvalue weighted by Crippen LogP contribution is 2.54. The van der Waals surface area contributed by atoms with Crippen molar-refractivity contribution < 1.29 is 19.1 Å². The minimum Gasteiger partial charge on any atom is -0.508 e. The van der Waals surface area contributed by atoms with E-state index in [1.807, 2.05) is 24.3 Å². The van der Waals surface area contributed by atoms with Gasteiger partial charge in [-0.1, -0.05) is 18.2 Å². The Hall–Kier alpha value is -3.68. The average molecular weight is 406 g/mol. The predicted molar refractivity (Wildman–Crippen MR) is 106 cm³/mol. The summed E-state index contributed by atoms with van der Waals surface area (Å²) in [6, 6.07) is 10.1. The summed E-state index contributed by atoms with van der Waals surface area (Å²) in [5, 5.41) is 16.9. The molecular formula is C22H19FN4O3. The van der Waals surface area contributed by atoms with Crippen LogP contribution < -0.4 is 5.32 Å². The second-order valence-electron chi connectivity index (χ2n) is 7.73. The zero-order valence-electron chi connectivity index (χ0n) is 16.2. The van der Waals surface area contributed by atoms with Gasteiger partial charge in [0.25, 0.3) is 5.91 Å². The second-order valence-corrected chi connectivity index (χ2v) is 7.73. The number of para-hydroxylation sites is 1. The lowest BCUT2D eigenvalue weighted by Gasteiger charge is -2.33. The smallest absolute Gasteiger partial charge is 0.257 e. The maximum Gasteiger partial charge on any atom is 0.257 e. The SMILES string of the molecule is Cn1cc(C2N(C(=O)c3cc(O)ccc3F)CCC23C(=O)Nc2ccccc23)cn1. The van der Waals surface area contributed by atoms with Gasteiger partial charge < -0.3 is 15.3 Å². The van der Waals surface area contributed by atoms with Crippen LogP contribution in [0.5, 0.6) is 5.75 Å². The van der Waals surface area contributed by atoms with Crippen LogP contribution in [0.25, 0.3) is 0 Å². The first-order valence-corrected chi connectivity index (χ1v) is 9.61. The molecule has 1 fully saturated rings. The standard InChI is InChI=1S/C22H19FN4O3/c1-26-12-13(11-24-26)19-22(16-4-2-3-5-18(16)25-21(22)30)8-9-27(19)20(29)15-10-14(28)6-7-17(15)23/h2-7,10-12,19,28H,8-9H2,1H3,(H,25,30). The van der Waals surface area contributed by atoms with Gasteiger partial charge in [-0.3, -0.25) is 14.3 Å². The van der Waals surface area contributed by atoms with Gasteiger partial charge in [-0.2, -0.15) is 5.10 Å². The van der Waals surface area contributed by atoms with Gasteiger partial charge in [0, 0.05) is 31.0 Å². The second kappa shape index (κ2) is 6.41. The van der Waals surface area contributed by atoms with Crippen LogP contribution in [-0.4, -0.2) is 38.1 Å². The van der Waals surface area contributed by atoms with Crippen molar-refractivity contribution >= 4 is 17.5 Å². The van der Waals surface area contributed by atoms with E-state index in [1.54, 1.807) is 24.1 Å². The highest BCUT2D eigenvalue weighted by molar-refractivity contribution is 6.08. The Kier molecular flexibility index (Phi) is 3.92. The Morgan fingerprint density at radius 2 is 2.10 bits per heavy atom. The van der Waals surface area contributed by atoms with Crippen molar-refractivity contribution in [2.75, 3.05) is 11.9 Å². The molecule has 30 heavy (non-hydrogen) atoms. The molecule has 1 spiro atoms. The van der Waals surface area contributed by atoms with Gasteiger partial charge in [-0.15, -0.1) is 0 Å². The van der Waals surface area contributed by atoms with Crippen molar-refractivity contribution in [3.05, 3.63) is 77.4 Å². The number of fused-ring (bicyclic) bond motifs is 2. The Balaban J connectivity index is 1.68. The van der Waals surface area contributed by atoms with Gasteiger partial charge in [-0.05, 0) is 36.2 Å². The van der Waals surface area contributed by atoms with E-state index in [9.17, 15) is 19.1 Å². The third-order valence-electron chi connectivity index (χ3n) is 6.07. The number of amides is 2. The van der Waals surface area contributed by atoms with E-state index in [0.29, 0.717) is 17.7 Å². The molecule has 2 N–H and O–H groups in total. The first kappa shape index (κ1) is 18.4. The number of carbonyl (C=O) groups excluding carboxylic acids is 2. The zero-order chi connectivity index (χ0) is 21.0. The zero-order valence-corrected chi connectivity index (χ0v) is 16.2. The molecule has 1 saturated heterocycles. The molecule has 3 heterocycles. The summed E-state index contributed by atoms with van der Waals surface area (Å²) in [5.74, 6) is -1.69. The van der Waals surface area contributed by atoms with Crippen molar-refractivity contribution in [3.8, 4) is 5.75 Å². The topological polar surface area (TPSA) is 87.5 Å². The fraction of sp³-hybridized carbons (Fsp3) is 0.227. The molecule has 5 rings (SSSR count). The number of hydrogen-bond donors (Lipinski definition) is 2. The highest BCUT2D eigenvalue weighted by Gasteiger charge is 2.59. The summed E-state index contributed by atoms with van der Waals surface area (Å²) in [6.07, 6.45) is 3.79. The molecular weight excluding hydrogens is 387 g/mol. The summed E-state index contributed by atoms with van der Waals surface area (Å²) >= 11 is 0. The van der Waals surface area contributed by atoms with Crippen LogP contribution in [0.4, 0.5) is 10.1 Å². The molecule has 1 aromatic heterocycles. The van der Waals surface area contributed by atoms with Gasteiger partial charge >= 0.3 is 0 Å². The molecule has 2 aliphatic rings. The van der Waals surface area contributed by atoms with Crippen LogP contribution in [-0.2, 0) is 17.3 Å². The summed E-state index contributed by atoms with van der Waals surface area (Å²) in [5.41, 5.74) is 0.996. The van der Waals surface area contributed by atoms with E-state index in [4.69, 9.17) is 0 Å². The molecule has 2 atom stereocenters. The molecule has 8 heteroatoms. The summed E-state index contributed by atoms with van der Waals surface area (Å²) in [7, 11) is 1.76.